The lowest BCUT2D eigenvalue weighted by Gasteiger charge is -2.28. The minimum absolute atomic E-state index is 0.476. The van der Waals surface area contributed by atoms with E-state index in [1.165, 1.54) is 12.8 Å². The lowest BCUT2D eigenvalue weighted by molar-refractivity contribution is 0.252. The van der Waals surface area contributed by atoms with Crippen LogP contribution in [0.1, 0.15) is 30.0 Å². The van der Waals surface area contributed by atoms with E-state index in [1.54, 1.807) is 7.11 Å². The molecule has 1 aromatic rings. The lowest BCUT2D eigenvalue weighted by Crippen LogP contribution is -2.29. The molecular weight excluding hydrogens is 214 g/mol. The summed E-state index contributed by atoms with van der Waals surface area (Å²) < 4.78 is 5.29. The normalized spacial score (nSPS) is 18.3. The average Bonchev–Trinajstić information content (AvgIpc) is 2.39. The minimum Gasteiger partial charge on any atom is -0.481 e. The lowest BCUT2D eigenvalue weighted by atomic mass is 9.93. The third-order valence-corrected chi connectivity index (χ3v) is 3.51. The zero-order valence-electron chi connectivity index (χ0n) is 10.6. The van der Waals surface area contributed by atoms with Gasteiger partial charge in [0.05, 0.1) is 7.11 Å². The first-order valence-electron chi connectivity index (χ1n) is 6.17. The first-order valence-corrected chi connectivity index (χ1v) is 6.17. The fourth-order valence-electron chi connectivity index (χ4n) is 2.35. The number of likely N-dealkylation sites (tertiary alicyclic amines) is 1. The molecule has 17 heavy (non-hydrogen) atoms. The number of aromatic nitrogens is 1. The number of piperidine rings is 1. The van der Waals surface area contributed by atoms with Crippen molar-refractivity contribution in [2.75, 3.05) is 27.2 Å². The summed E-state index contributed by atoms with van der Waals surface area (Å²) >= 11 is 0. The molecule has 2 heterocycles. The smallest absolute Gasteiger partial charge is 0.217 e. The van der Waals surface area contributed by atoms with Gasteiger partial charge in [-0.25, -0.2) is 4.98 Å². The summed E-state index contributed by atoms with van der Waals surface area (Å²) in [5.74, 6) is 1.25. The highest BCUT2D eigenvalue weighted by Crippen LogP contribution is 2.28. The molecule has 94 valence electrons. The second kappa shape index (κ2) is 5.47. The highest BCUT2D eigenvalue weighted by Gasteiger charge is 2.20. The summed E-state index contributed by atoms with van der Waals surface area (Å²) in [4.78, 5) is 6.95. The molecule has 2 N–H and O–H groups in total. The third-order valence-electron chi connectivity index (χ3n) is 3.51. The molecule has 2 rings (SSSR count). The van der Waals surface area contributed by atoms with Crippen molar-refractivity contribution in [1.82, 2.24) is 9.88 Å². The summed E-state index contributed by atoms with van der Waals surface area (Å²) in [7, 11) is 3.82. The van der Waals surface area contributed by atoms with E-state index < -0.39 is 0 Å². The Morgan fingerprint density at radius 2 is 2.12 bits per heavy atom. The molecule has 0 aliphatic carbocycles. The standard InChI is InChI=1S/C13H21N3O/c1-16-7-5-10(6-8-16)12-4-3-11(9-14)13(15-12)17-2/h3-4,10H,5-9,14H2,1-2H3. The van der Waals surface area contributed by atoms with E-state index in [-0.39, 0.29) is 0 Å². The van der Waals surface area contributed by atoms with Gasteiger partial charge < -0.3 is 15.4 Å². The molecule has 0 spiro atoms. The highest BCUT2D eigenvalue weighted by molar-refractivity contribution is 5.29. The van der Waals surface area contributed by atoms with Crippen molar-refractivity contribution in [3.63, 3.8) is 0 Å². The third kappa shape index (κ3) is 2.76. The molecule has 1 saturated heterocycles. The molecule has 4 nitrogen and oxygen atoms in total. The predicted octanol–water partition coefficient (Wildman–Crippen LogP) is 1.36. The fourth-order valence-corrected chi connectivity index (χ4v) is 2.35. The molecule has 0 bridgehead atoms. The molecule has 1 aliphatic heterocycles. The molecule has 0 saturated carbocycles. The van der Waals surface area contributed by atoms with Crippen LogP contribution in [0.3, 0.4) is 0 Å². The van der Waals surface area contributed by atoms with Gasteiger partial charge in [0, 0.05) is 23.7 Å². The van der Waals surface area contributed by atoms with Gasteiger partial charge in [0.1, 0.15) is 0 Å². The topological polar surface area (TPSA) is 51.4 Å². The van der Waals surface area contributed by atoms with E-state index in [4.69, 9.17) is 10.5 Å². The van der Waals surface area contributed by atoms with Gasteiger partial charge in [0.25, 0.3) is 0 Å². The molecule has 0 aromatic carbocycles. The summed E-state index contributed by atoms with van der Waals surface area (Å²) in [6.45, 7) is 2.77. The van der Waals surface area contributed by atoms with E-state index in [2.05, 4.69) is 23.0 Å². The minimum atomic E-state index is 0.476. The van der Waals surface area contributed by atoms with Crippen molar-refractivity contribution in [3.05, 3.63) is 23.4 Å². The Morgan fingerprint density at radius 1 is 1.41 bits per heavy atom. The van der Waals surface area contributed by atoms with E-state index in [0.29, 0.717) is 18.3 Å². The zero-order chi connectivity index (χ0) is 12.3. The Balaban J connectivity index is 2.16. The number of pyridine rings is 1. The summed E-state index contributed by atoms with van der Waals surface area (Å²) in [5.41, 5.74) is 7.77. The number of hydrogen-bond donors (Lipinski definition) is 1. The van der Waals surface area contributed by atoms with Crippen molar-refractivity contribution in [1.29, 1.82) is 0 Å². The van der Waals surface area contributed by atoms with Gasteiger partial charge in [-0.3, -0.25) is 0 Å². The second-order valence-corrected chi connectivity index (χ2v) is 4.69. The first-order chi connectivity index (χ1) is 8.24. The Hall–Kier alpha value is -1.13. The largest absolute Gasteiger partial charge is 0.481 e. The molecule has 4 heteroatoms. The van der Waals surface area contributed by atoms with Gasteiger partial charge in [-0.2, -0.15) is 0 Å². The van der Waals surface area contributed by atoms with Crippen LogP contribution in [0.5, 0.6) is 5.88 Å². The highest BCUT2D eigenvalue weighted by atomic mass is 16.5. The number of nitrogens with two attached hydrogens (primary N) is 1. The number of rotatable bonds is 3. The van der Waals surface area contributed by atoms with Gasteiger partial charge in [-0.1, -0.05) is 6.07 Å². The van der Waals surface area contributed by atoms with Gasteiger partial charge in [0.2, 0.25) is 5.88 Å². The van der Waals surface area contributed by atoms with Crippen LogP contribution in [0.15, 0.2) is 12.1 Å². The van der Waals surface area contributed by atoms with E-state index in [1.807, 2.05) is 6.07 Å². The average molecular weight is 235 g/mol. The van der Waals surface area contributed by atoms with Crippen LogP contribution in [-0.4, -0.2) is 37.1 Å². The van der Waals surface area contributed by atoms with Gasteiger partial charge in [-0.05, 0) is 39.0 Å². The molecule has 1 aliphatic rings. The molecule has 0 atom stereocenters. The number of ether oxygens (including phenoxy) is 1. The predicted molar refractivity (Wildman–Crippen MR) is 68.2 cm³/mol. The van der Waals surface area contributed by atoms with Crippen LogP contribution in [0.4, 0.5) is 0 Å². The van der Waals surface area contributed by atoms with E-state index >= 15 is 0 Å². The maximum absolute atomic E-state index is 5.65. The van der Waals surface area contributed by atoms with Crippen LogP contribution < -0.4 is 10.5 Å². The van der Waals surface area contributed by atoms with Crippen LogP contribution in [0, 0.1) is 0 Å². The van der Waals surface area contributed by atoms with Crippen molar-refractivity contribution >= 4 is 0 Å². The molecule has 0 radical (unpaired) electrons. The molecule has 1 fully saturated rings. The van der Waals surface area contributed by atoms with Gasteiger partial charge in [0.15, 0.2) is 0 Å². The number of nitrogens with zero attached hydrogens (tertiary/aromatic N) is 2. The van der Waals surface area contributed by atoms with Crippen LogP contribution >= 0.6 is 0 Å². The van der Waals surface area contributed by atoms with Crippen molar-refractivity contribution in [2.45, 2.75) is 25.3 Å². The monoisotopic (exact) mass is 235 g/mol. The van der Waals surface area contributed by atoms with Crippen LogP contribution in [-0.2, 0) is 6.54 Å². The van der Waals surface area contributed by atoms with Crippen molar-refractivity contribution in [2.24, 2.45) is 5.73 Å². The van der Waals surface area contributed by atoms with E-state index in [9.17, 15) is 0 Å². The molecule has 0 amide bonds. The molecule has 0 unspecified atom stereocenters. The summed E-state index contributed by atoms with van der Waals surface area (Å²) in [5, 5.41) is 0. The van der Waals surface area contributed by atoms with Crippen molar-refractivity contribution in [3.8, 4) is 5.88 Å². The fraction of sp³-hybridized carbons (Fsp3) is 0.615. The van der Waals surface area contributed by atoms with Gasteiger partial charge in [-0.15, -0.1) is 0 Å². The Bertz CT molecular complexity index is 373. The summed E-state index contributed by atoms with van der Waals surface area (Å²) in [6.07, 6.45) is 2.35. The SMILES string of the molecule is COc1nc(C2CCN(C)CC2)ccc1CN. The van der Waals surface area contributed by atoms with Crippen molar-refractivity contribution < 1.29 is 4.74 Å². The summed E-state index contributed by atoms with van der Waals surface area (Å²) in [6, 6.07) is 4.14. The number of methoxy groups -OCH3 is 1. The Morgan fingerprint density at radius 3 is 2.71 bits per heavy atom. The maximum Gasteiger partial charge on any atom is 0.217 e. The first kappa shape index (κ1) is 12.3. The molecular formula is C13H21N3O. The Labute approximate surface area is 103 Å². The number of hydrogen-bond acceptors (Lipinski definition) is 4. The quantitative estimate of drug-likeness (QED) is 0.859. The zero-order valence-corrected chi connectivity index (χ0v) is 10.6. The Kier molecular flexibility index (Phi) is 3.97. The van der Waals surface area contributed by atoms with Crippen LogP contribution in [0.2, 0.25) is 0 Å². The maximum atomic E-state index is 5.65. The second-order valence-electron chi connectivity index (χ2n) is 4.69. The van der Waals surface area contributed by atoms with Crippen LogP contribution in [0.25, 0.3) is 0 Å². The molecule has 1 aromatic heterocycles. The van der Waals surface area contributed by atoms with E-state index in [0.717, 1.165) is 24.3 Å². The van der Waals surface area contributed by atoms with Gasteiger partial charge >= 0.3 is 0 Å².